The summed E-state index contributed by atoms with van der Waals surface area (Å²) in [5.74, 6) is 0. The van der Waals surface area contributed by atoms with E-state index in [0.29, 0.717) is 0 Å². The maximum atomic E-state index is 7.32. The van der Waals surface area contributed by atoms with Crippen molar-refractivity contribution < 1.29 is 21.1 Å². The van der Waals surface area contributed by atoms with Crippen LogP contribution >= 0.6 is 0 Å². The molecule has 0 spiro atoms. The van der Waals surface area contributed by atoms with E-state index in [2.05, 4.69) is 0 Å². The zero-order chi connectivity index (χ0) is 5.41. The van der Waals surface area contributed by atoms with Crippen LogP contribution in [-0.4, -0.2) is 0 Å². The molecule has 0 aliphatic rings. The zero-order valence-corrected chi connectivity index (χ0v) is 7.24. The number of rotatable bonds is 0. The van der Waals surface area contributed by atoms with Gasteiger partial charge >= 0.3 is 21.1 Å². The molecule has 7 heavy (non-hydrogen) atoms. The summed E-state index contributed by atoms with van der Waals surface area (Å²) < 4.78 is 0. The minimum atomic E-state index is 0. The Morgan fingerprint density at radius 1 is 1.00 bits per heavy atom. The second-order valence-corrected chi connectivity index (χ2v) is 0.447. The molecular weight excluding hydrogens is 260 g/mol. The van der Waals surface area contributed by atoms with Gasteiger partial charge in [-0.25, -0.2) is 0 Å². The average Bonchev–Trinajstić information content (AvgIpc) is 1.39. The molecule has 0 radical (unpaired) electrons. The Morgan fingerprint density at radius 2 is 1.00 bits per heavy atom. The van der Waals surface area contributed by atoms with Crippen molar-refractivity contribution in [1.29, 1.82) is 10.5 Å². The number of hydrogen-bond donors (Lipinski definition) is 0. The van der Waals surface area contributed by atoms with Gasteiger partial charge in [0.25, 0.3) is 0 Å². The van der Waals surface area contributed by atoms with Crippen LogP contribution in [0, 0.1) is 22.7 Å². The summed E-state index contributed by atoms with van der Waals surface area (Å²) in [5.41, 5.74) is 0. The first-order valence-electron chi connectivity index (χ1n) is 1.45. The van der Waals surface area contributed by atoms with Crippen molar-refractivity contribution in [3.05, 3.63) is 0 Å². The fraction of sp³-hybridized carbons (Fsp3) is 0.500. The molecule has 0 aromatic rings. The van der Waals surface area contributed by atoms with Gasteiger partial charge in [-0.3, -0.25) is 0 Å². The molecule has 2 nitrogen and oxygen atoms in total. The molecule has 0 unspecified atom stereocenters. The van der Waals surface area contributed by atoms with E-state index in [1.54, 1.807) is 12.1 Å². The van der Waals surface area contributed by atoms with Crippen LogP contribution in [0.3, 0.4) is 0 Å². The predicted octanol–water partition coefficient (Wildman–Crippen LogP) is 1.06. The molecule has 0 aliphatic carbocycles. The van der Waals surface area contributed by atoms with Crippen LogP contribution in [0.25, 0.3) is 0 Å². The van der Waals surface area contributed by atoms with Crippen LogP contribution in [0.2, 0.25) is 0 Å². The minimum absolute atomic E-state index is 0. The molecule has 0 aromatic heterocycles. The first-order valence-corrected chi connectivity index (χ1v) is 1.45. The summed E-state index contributed by atoms with van der Waals surface area (Å²) in [6, 6.07) is 3.50. The van der Waals surface area contributed by atoms with Gasteiger partial charge in [-0.15, -0.1) is 0 Å². The normalized spacial score (nSPS) is 2.29. The zero-order valence-electron chi connectivity index (χ0n) is 4.30. The topological polar surface area (TPSA) is 47.6 Å². The summed E-state index contributed by atoms with van der Waals surface area (Å²) in [6.45, 7) is 2.86. The monoisotopic (exact) mass is 266 g/mol. The standard InChI is InChI=1S/2C2H3N.W/c2*1-2-3;/h2*1H3;/q;;+2. The van der Waals surface area contributed by atoms with Gasteiger partial charge < -0.3 is 0 Å². The Bertz CT molecular complexity index is 64.7. The van der Waals surface area contributed by atoms with E-state index in [-0.39, 0.29) is 21.1 Å². The Kier molecular flexibility index (Phi) is 101. The maximum Gasteiger partial charge on any atom is 2.00 e. The SMILES string of the molecule is CC#N.CC#N.[W+2]. The molecule has 0 aliphatic heterocycles. The third-order valence-corrected chi connectivity index (χ3v) is 0. The van der Waals surface area contributed by atoms with E-state index in [0.717, 1.165) is 0 Å². The fourth-order valence-corrected chi connectivity index (χ4v) is 0. The van der Waals surface area contributed by atoms with Crippen molar-refractivity contribution in [2.24, 2.45) is 0 Å². The van der Waals surface area contributed by atoms with Crippen LogP contribution in [0.4, 0.5) is 0 Å². The van der Waals surface area contributed by atoms with E-state index >= 15 is 0 Å². The minimum Gasteiger partial charge on any atom is -0.199 e. The average molecular weight is 266 g/mol. The van der Waals surface area contributed by atoms with Crippen LogP contribution < -0.4 is 0 Å². The molecule has 0 heterocycles. The van der Waals surface area contributed by atoms with Gasteiger partial charge in [-0.1, -0.05) is 0 Å². The summed E-state index contributed by atoms with van der Waals surface area (Å²) >= 11 is 0. The van der Waals surface area contributed by atoms with Crippen molar-refractivity contribution in [3.63, 3.8) is 0 Å². The van der Waals surface area contributed by atoms with Crippen LogP contribution in [0.15, 0.2) is 0 Å². The quantitative estimate of drug-likeness (QED) is 0.658. The van der Waals surface area contributed by atoms with Gasteiger partial charge in [0.15, 0.2) is 0 Å². The Balaban J connectivity index is -0.0000000400. The number of nitriles is 2. The van der Waals surface area contributed by atoms with Gasteiger partial charge in [0, 0.05) is 13.8 Å². The van der Waals surface area contributed by atoms with E-state index in [9.17, 15) is 0 Å². The number of hydrogen-bond acceptors (Lipinski definition) is 2. The van der Waals surface area contributed by atoms with E-state index in [4.69, 9.17) is 10.5 Å². The van der Waals surface area contributed by atoms with Gasteiger partial charge in [0.1, 0.15) is 0 Å². The summed E-state index contributed by atoms with van der Waals surface area (Å²) in [5, 5.41) is 14.6. The van der Waals surface area contributed by atoms with Gasteiger partial charge in [-0.05, 0) is 0 Å². The van der Waals surface area contributed by atoms with E-state index < -0.39 is 0 Å². The van der Waals surface area contributed by atoms with Crippen molar-refractivity contribution in [3.8, 4) is 12.1 Å². The van der Waals surface area contributed by atoms with Crippen molar-refractivity contribution >= 4 is 0 Å². The van der Waals surface area contributed by atoms with Crippen molar-refractivity contribution in [2.45, 2.75) is 13.8 Å². The largest absolute Gasteiger partial charge is 2.00 e. The molecule has 36 valence electrons. The van der Waals surface area contributed by atoms with Gasteiger partial charge in [-0.2, -0.15) is 10.5 Å². The third kappa shape index (κ3) is 693. The second-order valence-electron chi connectivity index (χ2n) is 0.447. The van der Waals surface area contributed by atoms with Crippen LogP contribution in [-0.2, 0) is 21.1 Å². The molecular formula is C4H6N2W+2. The molecule has 0 atom stereocenters. The van der Waals surface area contributed by atoms with E-state index in [1.165, 1.54) is 13.8 Å². The fourth-order valence-electron chi connectivity index (χ4n) is 0. The van der Waals surface area contributed by atoms with Crippen molar-refractivity contribution in [2.75, 3.05) is 0 Å². The predicted molar refractivity (Wildman–Crippen MR) is 22.6 cm³/mol. The second kappa shape index (κ2) is 44.4. The summed E-state index contributed by atoms with van der Waals surface area (Å²) in [7, 11) is 0. The molecule has 0 N–H and O–H groups in total. The maximum absolute atomic E-state index is 7.32. The summed E-state index contributed by atoms with van der Waals surface area (Å²) in [4.78, 5) is 0. The van der Waals surface area contributed by atoms with Crippen LogP contribution in [0.1, 0.15) is 13.8 Å². The number of nitrogens with zero attached hydrogens (tertiary/aromatic N) is 2. The molecule has 0 fully saturated rings. The van der Waals surface area contributed by atoms with E-state index in [1.807, 2.05) is 0 Å². The Hall–Kier alpha value is -0.332. The molecule has 0 saturated carbocycles. The molecule has 0 bridgehead atoms. The Labute approximate surface area is 58.0 Å². The van der Waals surface area contributed by atoms with Gasteiger partial charge in [0.05, 0.1) is 12.1 Å². The molecule has 0 rings (SSSR count). The van der Waals surface area contributed by atoms with Crippen LogP contribution in [0.5, 0.6) is 0 Å². The third-order valence-electron chi connectivity index (χ3n) is 0. The Morgan fingerprint density at radius 3 is 1.00 bits per heavy atom. The van der Waals surface area contributed by atoms with Gasteiger partial charge in [0.2, 0.25) is 0 Å². The summed E-state index contributed by atoms with van der Waals surface area (Å²) in [6.07, 6.45) is 0. The molecule has 0 amide bonds. The molecule has 0 aromatic carbocycles. The smallest absolute Gasteiger partial charge is 0.199 e. The first-order chi connectivity index (χ1) is 2.83. The van der Waals surface area contributed by atoms with Crippen molar-refractivity contribution in [1.82, 2.24) is 0 Å². The molecule has 3 heteroatoms. The first kappa shape index (κ1) is 15.9. The molecule has 0 saturated heterocycles.